The maximum Gasteiger partial charge on any atom is 0.258 e. The number of H-pyrrole nitrogens is 1. The molecule has 0 saturated heterocycles. The lowest BCUT2D eigenvalue weighted by molar-refractivity contribution is 0.102. The lowest BCUT2D eigenvalue weighted by Crippen LogP contribution is -2.14. The van der Waals surface area contributed by atoms with Gasteiger partial charge in [-0.3, -0.25) is 9.89 Å². The van der Waals surface area contributed by atoms with Gasteiger partial charge >= 0.3 is 0 Å². The summed E-state index contributed by atoms with van der Waals surface area (Å²) in [6, 6.07) is 13.1. The molecule has 3 aromatic rings. The van der Waals surface area contributed by atoms with Gasteiger partial charge < -0.3 is 11.1 Å². The van der Waals surface area contributed by atoms with Gasteiger partial charge in [-0.2, -0.15) is 5.10 Å². The van der Waals surface area contributed by atoms with Crippen LogP contribution in [0.4, 0.5) is 11.5 Å². The summed E-state index contributed by atoms with van der Waals surface area (Å²) in [6.07, 6.45) is 0. The van der Waals surface area contributed by atoms with E-state index in [1.54, 1.807) is 18.2 Å². The van der Waals surface area contributed by atoms with Gasteiger partial charge in [-0.25, -0.2) is 0 Å². The van der Waals surface area contributed by atoms with Crippen molar-refractivity contribution in [1.82, 2.24) is 10.2 Å². The fourth-order valence-corrected chi connectivity index (χ4v) is 2.12. The van der Waals surface area contributed by atoms with Gasteiger partial charge in [0.25, 0.3) is 5.91 Å². The molecule has 5 nitrogen and oxygen atoms in total. The molecule has 0 aliphatic carbocycles. The average molecular weight is 266 g/mol. The molecule has 1 aromatic heterocycles. The van der Waals surface area contributed by atoms with Gasteiger partial charge in [0.1, 0.15) is 0 Å². The predicted octanol–water partition coefficient (Wildman–Crippen LogP) is 2.71. The van der Waals surface area contributed by atoms with Crippen LogP contribution in [0.5, 0.6) is 0 Å². The van der Waals surface area contributed by atoms with Crippen LogP contribution in [0.25, 0.3) is 10.8 Å². The van der Waals surface area contributed by atoms with Crippen LogP contribution in [0.15, 0.2) is 42.5 Å². The Labute approximate surface area is 115 Å². The minimum Gasteiger partial charge on any atom is -0.398 e. The maximum atomic E-state index is 12.2. The number of carbonyl (C=O) groups is 1. The van der Waals surface area contributed by atoms with Crippen molar-refractivity contribution in [2.45, 2.75) is 6.92 Å². The number of rotatable bonds is 2. The van der Waals surface area contributed by atoms with Crippen LogP contribution in [-0.2, 0) is 0 Å². The Balaban J connectivity index is 1.96. The first kappa shape index (κ1) is 12.2. The monoisotopic (exact) mass is 266 g/mol. The molecular weight excluding hydrogens is 252 g/mol. The van der Waals surface area contributed by atoms with Crippen molar-refractivity contribution in [2.75, 3.05) is 11.1 Å². The zero-order valence-corrected chi connectivity index (χ0v) is 11.0. The Kier molecular flexibility index (Phi) is 2.87. The van der Waals surface area contributed by atoms with Crippen molar-refractivity contribution >= 4 is 28.2 Å². The van der Waals surface area contributed by atoms with E-state index in [-0.39, 0.29) is 5.91 Å². The number of benzene rings is 2. The van der Waals surface area contributed by atoms with Crippen molar-refractivity contribution in [1.29, 1.82) is 0 Å². The Morgan fingerprint density at radius 3 is 2.55 bits per heavy atom. The van der Waals surface area contributed by atoms with E-state index in [0.29, 0.717) is 17.1 Å². The lowest BCUT2D eigenvalue weighted by Gasteiger charge is -2.07. The van der Waals surface area contributed by atoms with E-state index >= 15 is 0 Å². The molecule has 0 saturated carbocycles. The molecule has 0 aliphatic heterocycles. The first-order chi connectivity index (χ1) is 9.63. The molecule has 0 atom stereocenters. The highest BCUT2D eigenvalue weighted by Gasteiger charge is 2.12. The largest absolute Gasteiger partial charge is 0.398 e. The van der Waals surface area contributed by atoms with Crippen LogP contribution < -0.4 is 11.1 Å². The number of aryl methyl sites for hydroxylation is 1. The number of fused-ring (bicyclic) bond motifs is 1. The number of hydrogen-bond donors (Lipinski definition) is 3. The van der Waals surface area contributed by atoms with E-state index in [2.05, 4.69) is 15.5 Å². The number of nitrogen functional groups attached to an aromatic ring is 1. The summed E-state index contributed by atoms with van der Waals surface area (Å²) in [6.45, 7) is 1.87. The van der Waals surface area contributed by atoms with Gasteiger partial charge in [0.2, 0.25) is 0 Å². The number of aromatic nitrogens is 2. The minimum absolute atomic E-state index is 0.264. The Morgan fingerprint density at radius 1 is 1.20 bits per heavy atom. The van der Waals surface area contributed by atoms with Crippen LogP contribution in [0, 0.1) is 6.92 Å². The summed E-state index contributed by atoms with van der Waals surface area (Å²) in [7, 11) is 0. The molecule has 0 unspecified atom stereocenters. The summed E-state index contributed by atoms with van der Waals surface area (Å²) in [5, 5.41) is 11.5. The van der Waals surface area contributed by atoms with E-state index in [0.717, 1.165) is 16.5 Å². The highest BCUT2D eigenvalue weighted by Crippen LogP contribution is 2.22. The molecular formula is C15H14N4O. The predicted molar refractivity (Wildman–Crippen MR) is 79.6 cm³/mol. The summed E-state index contributed by atoms with van der Waals surface area (Å²) >= 11 is 0. The Bertz CT molecular complexity index is 791. The van der Waals surface area contributed by atoms with Crippen LogP contribution in [-0.4, -0.2) is 16.1 Å². The molecule has 3 rings (SSSR count). The highest BCUT2D eigenvalue weighted by atomic mass is 16.1. The van der Waals surface area contributed by atoms with Crippen LogP contribution in [0.3, 0.4) is 0 Å². The van der Waals surface area contributed by atoms with Crippen molar-refractivity contribution in [3.05, 3.63) is 53.7 Å². The Hall–Kier alpha value is -2.82. The number of nitrogens with one attached hydrogen (secondary N) is 2. The second kappa shape index (κ2) is 4.70. The van der Waals surface area contributed by atoms with Crippen LogP contribution in [0.1, 0.15) is 16.1 Å². The van der Waals surface area contributed by atoms with E-state index in [9.17, 15) is 4.79 Å². The van der Waals surface area contributed by atoms with Crippen molar-refractivity contribution in [3.63, 3.8) is 0 Å². The number of aromatic amines is 1. The molecule has 0 fully saturated rings. The first-order valence-corrected chi connectivity index (χ1v) is 6.25. The molecule has 2 aromatic carbocycles. The normalized spacial score (nSPS) is 10.7. The molecule has 1 heterocycles. The van der Waals surface area contributed by atoms with Crippen molar-refractivity contribution < 1.29 is 4.79 Å². The number of nitrogens with two attached hydrogens (primary N) is 1. The SMILES string of the molecule is Cc1cc(NC(=O)c2cc3ccccc3cc2N)n[nH]1. The van der Waals surface area contributed by atoms with E-state index < -0.39 is 0 Å². The quantitative estimate of drug-likeness (QED) is 0.623. The molecule has 0 bridgehead atoms. The highest BCUT2D eigenvalue weighted by molar-refractivity contribution is 6.10. The third-order valence-corrected chi connectivity index (χ3v) is 3.11. The van der Waals surface area contributed by atoms with Crippen LogP contribution >= 0.6 is 0 Å². The second-order valence-corrected chi connectivity index (χ2v) is 4.68. The zero-order valence-electron chi connectivity index (χ0n) is 11.0. The molecule has 0 radical (unpaired) electrons. The Morgan fingerprint density at radius 2 is 1.90 bits per heavy atom. The first-order valence-electron chi connectivity index (χ1n) is 6.25. The van der Waals surface area contributed by atoms with Gasteiger partial charge in [-0.05, 0) is 29.8 Å². The molecule has 5 heteroatoms. The van der Waals surface area contributed by atoms with E-state index in [1.165, 1.54) is 0 Å². The number of hydrogen-bond acceptors (Lipinski definition) is 3. The number of carbonyl (C=O) groups excluding carboxylic acids is 1. The smallest absolute Gasteiger partial charge is 0.258 e. The van der Waals surface area contributed by atoms with E-state index in [4.69, 9.17) is 5.73 Å². The third kappa shape index (κ3) is 2.21. The second-order valence-electron chi connectivity index (χ2n) is 4.68. The molecule has 100 valence electrons. The topological polar surface area (TPSA) is 83.8 Å². The van der Waals surface area contributed by atoms with Gasteiger partial charge in [-0.15, -0.1) is 0 Å². The van der Waals surface area contributed by atoms with E-state index in [1.807, 2.05) is 31.2 Å². The lowest BCUT2D eigenvalue weighted by atomic mass is 10.0. The molecule has 4 N–H and O–H groups in total. The third-order valence-electron chi connectivity index (χ3n) is 3.11. The zero-order chi connectivity index (χ0) is 14.1. The summed E-state index contributed by atoms with van der Waals surface area (Å²) in [5.74, 6) is 0.222. The fraction of sp³-hybridized carbons (Fsp3) is 0.0667. The summed E-state index contributed by atoms with van der Waals surface area (Å²) in [4.78, 5) is 12.2. The van der Waals surface area contributed by atoms with Gasteiger partial charge in [0, 0.05) is 17.4 Å². The van der Waals surface area contributed by atoms with Crippen molar-refractivity contribution in [3.8, 4) is 0 Å². The van der Waals surface area contributed by atoms with Gasteiger partial charge in [-0.1, -0.05) is 24.3 Å². The maximum absolute atomic E-state index is 12.2. The fourth-order valence-electron chi connectivity index (χ4n) is 2.12. The summed E-state index contributed by atoms with van der Waals surface area (Å²) < 4.78 is 0. The molecule has 1 amide bonds. The molecule has 0 aliphatic rings. The van der Waals surface area contributed by atoms with Gasteiger partial charge in [0.05, 0.1) is 5.56 Å². The number of amides is 1. The molecule has 0 spiro atoms. The van der Waals surface area contributed by atoms with Crippen LogP contribution in [0.2, 0.25) is 0 Å². The number of anilines is 2. The minimum atomic E-state index is -0.264. The summed E-state index contributed by atoms with van der Waals surface area (Å²) in [5.41, 5.74) is 7.74. The number of nitrogens with zero attached hydrogens (tertiary/aromatic N) is 1. The average Bonchev–Trinajstić information content (AvgIpc) is 2.83. The standard InChI is InChI=1S/C15H14N4O/c1-9-6-14(19-18-9)17-15(20)12-7-10-4-2-3-5-11(10)8-13(12)16/h2-8H,16H2,1H3,(H2,17,18,19,20). The van der Waals surface area contributed by atoms with Gasteiger partial charge in [0.15, 0.2) is 5.82 Å². The van der Waals surface area contributed by atoms with Crippen molar-refractivity contribution in [2.24, 2.45) is 0 Å². The molecule has 20 heavy (non-hydrogen) atoms.